The van der Waals surface area contributed by atoms with Crippen LogP contribution in [0.5, 0.6) is 0 Å². The summed E-state index contributed by atoms with van der Waals surface area (Å²) in [6, 6.07) is 21.3. The molecule has 0 amide bonds. The first-order chi connectivity index (χ1) is 12.4. The van der Waals surface area contributed by atoms with Crippen molar-refractivity contribution in [2.45, 2.75) is 57.2 Å². The fourth-order valence-electron chi connectivity index (χ4n) is 4.66. The molecular formula is C23H30N2. The van der Waals surface area contributed by atoms with E-state index in [2.05, 4.69) is 64.8 Å². The number of nitrogens with one attached hydrogen (secondary N) is 1. The summed E-state index contributed by atoms with van der Waals surface area (Å²) in [5.41, 5.74) is 4.22. The van der Waals surface area contributed by atoms with Gasteiger partial charge in [-0.3, -0.25) is 4.90 Å². The molecule has 132 valence electrons. The Kier molecular flexibility index (Phi) is 5.49. The van der Waals surface area contributed by atoms with Crippen molar-refractivity contribution in [1.29, 1.82) is 0 Å². The fourth-order valence-corrected chi connectivity index (χ4v) is 4.66. The summed E-state index contributed by atoms with van der Waals surface area (Å²) in [4.78, 5) is 2.83. The highest BCUT2D eigenvalue weighted by atomic mass is 15.2. The van der Waals surface area contributed by atoms with E-state index in [-0.39, 0.29) is 0 Å². The van der Waals surface area contributed by atoms with Crippen LogP contribution in [0.1, 0.15) is 44.1 Å². The van der Waals surface area contributed by atoms with Gasteiger partial charge >= 0.3 is 0 Å². The Morgan fingerprint density at radius 2 is 1.52 bits per heavy atom. The van der Waals surface area contributed by atoms with Crippen LogP contribution >= 0.6 is 0 Å². The maximum atomic E-state index is 3.63. The van der Waals surface area contributed by atoms with E-state index in [0.717, 1.165) is 19.1 Å². The van der Waals surface area contributed by atoms with Gasteiger partial charge in [0.1, 0.15) is 0 Å². The summed E-state index contributed by atoms with van der Waals surface area (Å²) < 4.78 is 0. The van der Waals surface area contributed by atoms with Gasteiger partial charge in [-0.2, -0.15) is 0 Å². The first-order valence-corrected chi connectivity index (χ1v) is 10.0. The number of hydrogen-bond donors (Lipinski definition) is 1. The predicted octanol–water partition coefficient (Wildman–Crippen LogP) is 4.85. The number of piperidine rings is 1. The van der Waals surface area contributed by atoms with Gasteiger partial charge in [0.25, 0.3) is 0 Å². The minimum Gasteiger partial charge on any atom is -0.315 e. The standard InChI is InChI=1S/C23H30N2/c1-2-9-19(10-3-1)23-15-7-4-11-20(23)18-25(21-12-5-6-13-21)22-14-8-16-24-17-22/h1-4,7,9-11,15,21-22,24H,5-6,8,12-14,16-18H2. The molecule has 1 saturated heterocycles. The quantitative estimate of drug-likeness (QED) is 0.841. The van der Waals surface area contributed by atoms with Crippen LogP contribution in [0, 0.1) is 0 Å². The van der Waals surface area contributed by atoms with Crippen LogP contribution in [0.4, 0.5) is 0 Å². The van der Waals surface area contributed by atoms with Crippen LogP contribution in [0.3, 0.4) is 0 Å². The molecule has 4 rings (SSSR count). The van der Waals surface area contributed by atoms with Crippen LogP contribution in [0.15, 0.2) is 54.6 Å². The van der Waals surface area contributed by atoms with E-state index in [1.165, 1.54) is 61.8 Å². The maximum absolute atomic E-state index is 3.63. The van der Waals surface area contributed by atoms with Crippen molar-refractivity contribution < 1.29 is 0 Å². The van der Waals surface area contributed by atoms with E-state index in [1.54, 1.807) is 0 Å². The van der Waals surface area contributed by atoms with E-state index in [0.29, 0.717) is 6.04 Å². The van der Waals surface area contributed by atoms with Gasteiger partial charge in [0, 0.05) is 25.2 Å². The molecule has 0 bridgehead atoms. The van der Waals surface area contributed by atoms with E-state index < -0.39 is 0 Å². The largest absolute Gasteiger partial charge is 0.315 e. The van der Waals surface area contributed by atoms with E-state index in [4.69, 9.17) is 0 Å². The SMILES string of the molecule is c1ccc(-c2ccccc2CN(C2CCCC2)C2CCCNC2)cc1. The van der Waals surface area contributed by atoms with Crippen molar-refractivity contribution in [2.24, 2.45) is 0 Å². The molecule has 1 atom stereocenters. The van der Waals surface area contributed by atoms with Crippen molar-refractivity contribution >= 4 is 0 Å². The van der Waals surface area contributed by atoms with Crippen molar-refractivity contribution in [2.75, 3.05) is 13.1 Å². The zero-order valence-corrected chi connectivity index (χ0v) is 15.2. The van der Waals surface area contributed by atoms with Gasteiger partial charge in [-0.1, -0.05) is 67.4 Å². The molecule has 2 aliphatic rings. The number of nitrogens with zero attached hydrogens (tertiary/aromatic N) is 1. The van der Waals surface area contributed by atoms with Crippen molar-refractivity contribution in [3.63, 3.8) is 0 Å². The van der Waals surface area contributed by atoms with Crippen LogP contribution in [0.2, 0.25) is 0 Å². The highest BCUT2D eigenvalue weighted by Gasteiger charge is 2.30. The number of benzene rings is 2. The zero-order valence-electron chi connectivity index (χ0n) is 15.2. The summed E-state index contributed by atoms with van der Waals surface area (Å²) in [5.74, 6) is 0. The summed E-state index contributed by atoms with van der Waals surface area (Å²) in [5, 5.41) is 3.63. The second kappa shape index (κ2) is 8.16. The first kappa shape index (κ1) is 16.8. The van der Waals surface area contributed by atoms with Gasteiger partial charge in [-0.05, 0) is 48.9 Å². The maximum Gasteiger partial charge on any atom is 0.0246 e. The molecule has 0 radical (unpaired) electrons. The highest BCUT2D eigenvalue weighted by molar-refractivity contribution is 5.67. The lowest BCUT2D eigenvalue weighted by molar-refractivity contribution is 0.106. The minimum absolute atomic E-state index is 0.695. The Hall–Kier alpha value is -1.64. The molecule has 2 aromatic carbocycles. The second-order valence-electron chi connectivity index (χ2n) is 7.63. The molecule has 1 saturated carbocycles. The molecule has 1 aliphatic heterocycles. The zero-order chi connectivity index (χ0) is 16.9. The Balaban J connectivity index is 1.61. The fraction of sp³-hybridized carbons (Fsp3) is 0.478. The van der Waals surface area contributed by atoms with Gasteiger partial charge in [0.05, 0.1) is 0 Å². The van der Waals surface area contributed by atoms with E-state index in [1.807, 2.05) is 0 Å². The average Bonchev–Trinajstić information content (AvgIpc) is 3.22. The van der Waals surface area contributed by atoms with Gasteiger partial charge in [-0.15, -0.1) is 0 Å². The molecule has 0 aromatic heterocycles. The summed E-state index contributed by atoms with van der Waals surface area (Å²) in [6.07, 6.45) is 8.22. The molecule has 2 nitrogen and oxygen atoms in total. The van der Waals surface area contributed by atoms with Gasteiger partial charge in [0.2, 0.25) is 0 Å². The van der Waals surface area contributed by atoms with Crippen molar-refractivity contribution in [3.8, 4) is 11.1 Å². The lowest BCUT2D eigenvalue weighted by Gasteiger charge is -2.39. The number of rotatable bonds is 5. The summed E-state index contributed by atoms with van der Waals surface area (Å²) in [7, 11) is 0. The van der Waals surface area contributed by atoms with Crippen molar-refractivity contribution in [1.82, 2.24) is 10.2 Å². The van der Waals surface area contributed by atoms with Crippen LogP contribution in [0.25, 0.3) is 11.1 Å². The average molecular weight is 335 g/mol. The topological polar surface area (TPSA) is 15.3 Å². The Morgan fingerprint density at radius 3 is 2.28 bits per heavy atom. The normalized spacial score (nSPS) is 21.7. The molecule has 1 heterocycles. The van der Waals surface area contributed by atoms with Gasteiger partial charge < -0.3 is 5.32 Å². The first-order valence-electron chi connectivity index (χ1n) is 10.0. The predicted molar refractivity (Wildman–Crippen MR) is 106 cm³/mol. The Bertz CT molecular complexity index is 655. The molecule has 1 N–H and O–H groups in total. The van der Waals surface area contributed by atoms with E-state index in [9.17, 15) is 0 Å². The van der Waals surface area contributed by atoms with Crippen molar-refractivity contribution in [3.05, 3.63) is 60.2 Å². The highest BCUT2D eigenvalue weighted by Crippen LogP contribution is 2.31. The molecule has 1 unspecified atom stereocenters. The van der Waals surface area contributed by atoms with Crippen LogP contribution in [-0.2, 0) is 6.54 Å². The number of hydrogen-bond acceptors (Lipinski definition) is 2. The molecule has 0 spiro atoms. The lowest BCUT2D eigenvalue weighted by Crippen LogP contribution is -2.49. The third-order valence-corrected chi connectivity index (χ3v) is 5.99. The van der Waals surface area contributed by atoms with Gasteiger partial charge in [-0.25, -0.2) is 0 Å². The summed E-state index contributed by atoms with van der Waals surface area (Å²) >= 11 is 0. The molecule has 2 aromatic rings. The molecule has 25 heavy (non-hydrogen) atoms. The summed E-state index contributed by atoms with van der Waals surface area (Å²) in [6.45, 7) is 3.43. The Labute approximate surface area is 152 Å². The lowest BCUT2D eigenvalue weighted by atomic mass is 9.96. The third-order valence-electron chi connectivity index (χ3n) is 5.99. The third kappa shape index (κ3) is 3.96. The minimum atomic E-state index is 0.695. The molecule has 1 aliphatic carbocycles. The van der Waals surface area contributed by atoms with Gasteiger partial charge in [0.15, 0.2) is 0 Å². The molecule has 2 heteroatoms. The second-order valence-corrected chi connectivity index (χ2v) is 7.63. The smallest absolute Gasteiger partial charge is 0.0246 e. The molecule has 2 fully saturated rings. The molecular weight excluding hydrogens is 304 g/mol. The monoisotopic (exact) mass is 334 g/mol. The van der Waals surface area contributed by atoms with E-state index >= 15 is 0 Å². The van der Waals surface area contributed by atoms with Crippen LogP contribution < -0.4 is 5.32 Å². The Morgan fingerprint density at radius 1 is 0.800 bits per heavy atom. The van der Waals surface area contributed by atoms with Crippen LogP contribution in [-0.4, -0.2) is 30.1 Å².